The van der Waals surface area contributed by atoms with Gasteiger partial charge in [0, 0.05) is 18.8 Å². The van der Waals surface area contributed by atoms with Crippen LogP contribution in [0.5, 0.6) is 5.75 Å². The Morgan fingerprint density at radius 1 is 1.23 bits per heavy atom. The molecule has 2 aromatic carbocycles. The van der Waals surface area contributed by atoms with Crippen molar-refractivity contribution in [2.24, 2.45) is 0 Å². The third-order valence-corrected chi connectivity index (χ3v) is 5.60. The lowest BCUT2D eigenvalue weighted by atomic mass is 10.2. The molecule has 0 atom stereocenters. The van der Waals surface area contributed by atoms with E-state index in [1.54, 1.807) is 42.5 Å². The summed E-state index contributed by atoms with van der Waals surface area (Å²) in [5.74, 6) is 0.249. The first kappa shape index (κ1) is 24.2. The van der Waals surface area contributed by atoms with E-state index < -0.39 is 4.92 Å². The van der Waals surface area contributed by atoms with E-state index in [4.69, 9.17) is 25.6 Å². The van der Waals surface area contributed by atoms with Crippen LogP contribution >= 0.6 is 11.6 Å². The summed E-state index contributed by atoms with van der Waals surface area (Å²) < 4.78 is 15.9. The molecule has 1 aromatic heterocycles. The number of carbonyl (C=O) groups excluding carboxylic acids is 1. The second-order valence-electron chi connectivity index (χ2n) is 7.74. The zero-order chi connectivity index (χ0) is 24.8. The average Bonchev–Trinajstić information content (AvgIpc) is 3.23. The number of aromatic nitrogens is 1. The van der Waals surface area contributed by atoms with Gasteiger partial charge >= 0.3 is 5.69 Å². The Bertz CT molecular complexity index is 1240. The fourth-order valence-electron chi connectivity index (χ4n) is 3.55. The molecule has 0 aliphatic carbocycles. The topological polar surface area (TPSA) is 120 Å². The van der Waals surface area contributed by atoms with E-state index >= 15 is 0 Å². The number of benzene rings is 2. The van der Waals surface area contributed by atoms with Crippen molar-refractivity contribution in [1.82, 2.24) is 5.16 Å². The molecule has 1 aliphatic heterocycles. The Morgan fingerprint density at radius 2 is 1.97 bits per heavy atom. The largest absolute Gasteiger partial charge is 0.484 e. The summed E-state index contributed by atoms with van der Waals surface area (Å²) in [6.45, 7) is 4.19. The molecule has 1 saturated heterocycles. The number of rotatable bonds is 8. The number of anilines is 2. The Morgan fingerprint density at radius 3 is 2.66 bits per heavy atom. The van der Waals surface area contributed by atoms with Crippen LogP contribution in [-0.2, 0) is 9.53 Å². The van der Waals surface area contributed by atoms with Gasteiger partial charge in [0.15, 0.2) is 12.3 Å². The lowest BCUT2D eigenvalue weighted by molar-refractivity contribution is -0.386. The highest BCUT2D eigenvalue weighted by molar-refractivity contribution is 6.33. The van der Waals surface area contributed by atoms with Gasteiger partial charge in [0.2, 0.25) is 5.76 Å². The number of nitro groups is 1. The molecule has 3 aromatic rings. The molecule has 1 amide bonds. The predicted octanol–water partition coefficient (Wildman–Crippen LogP) is 4.57. The van der Waals surface area contributed by atoms with Gasteiger partial charge in [-0.1, -0.05) is 35.0 Å². The van der Waals surface area contributed by atoms with Crippen molar-refractivity contribution in [3.63, 3.8) is 0 Å². The average molecular weight is 499 g/mol. The minimum Gasteiger partial charge on any atom is -0.484 e. The SMILES string of the molecule is Cc1noc(/C=C/c2ccc(OCC(=O)Nc3ccc(N4CCOCC4)c(Cl)c3)cc2)c1[N+](=O)[O-]. The molecule has 2 heterocycles. The van der Waals surface area contributed by atoms with Crippen molar-refractivity contribution < 1.29 is 23.7 Å². The van der Waals surface area contributed by atoms with Gasteiger partial charge in [-0.25, -0.2) is 0 Å². The molecule has 1 aliphatic rings. The molecule has 0 saturated carbocycles. The lowest BCUT2D eigenvalue weighted by Gasteiger charge is -2.29. The third kappa shape index (κ3) is 6.17. The van der Waals surface area contributed by atoms with E-state index in [-0.39, 0.29) is 29.7 Å². The van der Waals surface area contributed by atoms with E-state index in [2.05, 4.69) is 15.4 Å². The van der Waals surface area contributed by atoms with Crippen LogP contribution in [0, 0.1) is 17.0 Å². The number of amides is 1. The summed E-state index contributed by atoms with van der Waals surface area (Å²) in [6, 6.07) is 12.3. The summed E-state index contributed by atoms with van der Waals surface area (Å²) >= 11 is 6.41. The summed E-state index contributed by atoms with van der Waals surface area (Å²) in [5, 5.41) is 18.1. The van der Waals surface area contributed by atoms with Gasteiger partial charge in [0.05, 0.1) is 28.8 Å². The number of nitrogens with one attached hydrogen (secondary N) is 1. The van der Waals surface area contributed by atoms with Gasteiger partial charge in [0.1, 0.15) is 5.75 Å². The molecule has 1 N–H and O–H groups in total. The molecule has 0 spiro atoms. The van der Waals surface area contributed by atoms with Crippen LogP contribution in [0.2, 0.25) is 5.02 Å². The van der Waals surface area contributed by atoms with Gasteiger partial charge in [-0.15, -0.1) is 0 Å². The molecule has 1 fully saturated rings. The molecule has 0 radical (unpaired) electrons. The number of halogens is 1. The lowest BCUT2D eigenvalue weighted by Crippen LogP contribution is -2.36. The fraction of sp³-hybridized carbons (Fsp3) is 0.250. The molecule has 35 heavy (non-hydrogen) atoms. The van der Waals surface area contributed by atoms with Crippen molar-refractivity contribution in [3.8, 4) is 5.75 Å². The molecular weight excluding hydrogens is 476 g/mol. The van der Waals surface area contributed by atoms with E-state index in [1.807, 2.05) is 6.07 Å². The molecule has 10 nitrogen and oxygen atoms in total. The van der Waals surface area contributed by atoms with Crippen molar-refractivity contribution in [2.45, 2.75) is 6.92 Å². The predicted molar refractivity (Wildman–Crippen MR) is 132 cm³/mol. The minimum atomic E-state index is -0.528. The third-order valence-electron chi connectivity index (χ3n) is 5.30. The van der Waals surface area contributed by atoms with Gasteiger partial charge in [-0.2, -0.15) is 0 Å². The van der Waals surface area contributed by atoms with Crippen molar-refractivity contribution >= 4 is 46.7 Å². The van der Waals surface area contributed by atoms with Crippen LogP contribution in [0.1, 0.15) is 17.0 Å². The Kier molecular flexibility index (Phi) is 7.64. The number of morpholine rings is 1. The maximum Gasteiger partial charge on any atom is 0.338 e. The standard InChI is InChI=1S/C24H23ClN4O6/c1-16-24(29(31)32)22(35-27-16)9-4-17-2-6-19(7-3-17)34-15-23(30)26-18-5-8-21(20(25)14-18)28-10-12-33-13-11-28/h2-9,14H,10-13,15H2,1H3,(H,26,30)/b9-4+. The van der Waals surface area contributed by atoms with Crippen LogP contribution in [0.25, 0.3) is 12.2 Å². The van der Waals surface area contributed by atoms with Crippen LogP contribution < -0.4 is 15.0 Å². The van der Waals surface area contributed by atoms with Crippen LogP contribution in [0.4, 0.5) is 17.1 Å². The maximum absolute atomic E-state index is 12.3. The molecule has 0 bridgehead atoms. The second kappa shape index (κ2) is 11.0. The first-order valence-corrected chi connectivity index (χ1v) is 11.2. The molecule has 11 heteroatoms. The number of hydrogen-bond acceptors (Lipinski definition) is 8. The normalized spacial score (nSPS) is 13.7. The number of carbonyl (C=O) groups is 1. The second-order valence-corrected chi connectivity index (χ2v) is 8.15. The summed E-state index contributed by atoms with van der Waals surface area (Å²) in [5.41, 5.74) is 2.31. The van der Waals surface area contributed by atoms with Crippen LogP contribution in [0.3, 0.4) is 0 Å². The van der Waals surface area contributed by atoms with Gasteiger partial charge in [-0.05, 0) is 48.9 Å². The number of nitrogens with zero attached hydrogens (tertiary/aromatic N) is 3. The molecule has 182 valence electrons. The van der Waals surface area contributed by atoms with Crippen molar-refractivity contribution in [3.05, 3.63) is 74.6 Å². The highest BCUT2D eigenvalue weighted by Crippen LogP contribution is 2.29. The van der Waals surface area contributed by atoms with Crippen molar-refractivity contribution in [1.29, 1.82) is 0 Å². The summed E-state index contributed by atoms with van der Waals surface area (Å²) in [6.07, 6.45) is 3.14. The highest BCUT2D eigenvalue weighted by atomic mass is 35.5. The highest BCUT2D eigenvalue weighted by Gasteiger charge is 2.22. The number of ether oxygens (including phenoxy) is 2. The number of hydrogen-bond donors (Lipinski definition) is 1. The Hall–Kier alpha value is -3.89. The summed E-state index contributed by atoms with van der Waals surface area (Å²) in [7, 11) is 0. The van der Waals surface area contributed by atoms with E-state index in [1.165, 1.54) is 13.0 Å². The first-order valence-electron chi connectivity index (χ1n) is 10.8. The Balaban J connectivity index is 1.29. The maximum atomic E-state index is 12.3. The monoisotopic (exact) mass is 498 g/mol. The number of aryl methyl sites for hydroxylation is 1. The zero-order valence-electron chi connectivity index (χ0n) is 18.9. The molecule has 0 unspecified atom stereocenters. The van der Waals surface area contributed by atoms with Crippen molar-refractivity contribution in [2.75, 3.05) is 43.1 Å². The van der Waals surface area contributed by atoms with E-state index in [0.717, 1.165) is 24.3 Å². The molecule has 4 rings (SSSR count). The van der Waals surface area contributed by atoms with Gasteiger partial charge in [-0.3, -0.25) is 14.9 Å². The van der Waals surface area contributed by atoms with Crippen LogP contribution in [-0.4, -0.2) is 48.9 Å². The zero-order valence-corrected chi connectivity index (χ0v) is 19.7. The van der Waals surface area contributed by atoms with Crippen LogP contribution in [0.15, 0.2) is 47.0 Å². The van der Waals surface area contributed by atoms with E-state index in [9.17, 15) is 14.9 Å². The quantitative estimate of drug-likeness (QED) is 0.354. The van der Waals surface area contributed by atoms with E-state index in [0.29, 0.717) is 29.7 Å². The summed E-state index contributed by atoms with van der Waals surface area (Å²) in [4.78, 5) is 25.0. The smallest absolute Gasteiger partial charge is 0.338 e. The van der Waals surface area contributed by atoms with Gasteiger partial charge in [0.25, 0.3) is 5.91 Å². The first-order chi connectivity index (χ1) is 16.9. The minimum absolute atomic E-state index is 0.0718. The Labute approximate surface area is 206 Å². The fourth-order valence-corrected chi connectivity index (χ4v) is 3.85. The molecular formula is C24H23ClN4O6. The van der Waals surface area contributed by atoms with Gasteiger partial charge < -0.3 is 24.2 Å².